The lowest BCUT2D eigenvalue weighted by Crippen LogP contribution is -2.65. The maximum absolute atomic E-state index is 13.2. The molecule has 146 valence electrons. The largest absolute Gasteiger partial charge is 0.352 e. The van der Waals surface area contributed by atoms with Crippen LogP contribution in [0.15, 0.2) is 48.5 Å². The van der Waals surface area contributed by atoms with Gasteiger partial charge in [-0.1, -0.05) is 62.6 Å². The summed E-state index contributed by atoms with van der Waals surface area (Å²) in [7, 11) is 0. The van der Waals surface area contributed by atoms with E-state index in [1.54, 1.807) is 0 Å². The Morgan fingerprint density at radius 2 is 1.61 bits per heavy atom. The average molecular weight is 377 g/mol. The maximum Gasteiger partial charge on any atom is 0.254 e. The molecule has 4 heteroatoms. The number of benzene rings is 2. The average Bonchev–Trinajstić information content (AvgIpc) is 3.21. The summed E-state index contributed by atoms with van der Waals surface area (Å²) in [6, 6.07) is 16.4. The molecule has 1 heterocycles. The first-order chi connectivity index (χ1) is 13.6. The fourth-order valence-corrected chi connectivity index (χ4v) is 4.65. The molecule has 0 aromatic heterocycles. The van der Waals surface area contributed by atoms with Gasteiger partial charge in [0, 0.05) is 18.7 Å². The van der Waals surface area contributed by atoms with Crippen LogP contribution in [0.3, 0.4) is 0 Å². The molecule has 1 saturated carbocycles. The van der Waals surface area contributed by atoms with Crippen molar-refractivity contribution in [2.45, 2.75) is 51.0 Å². The third-order valence-corrected chi connectivity index (χ3v) is 6.19. The molecule has 2 aliphatic rings. The summed E-state index contributed by atoms with van der Waals surface area (Å²) in [6.07, 6.45) is 5.79. The van der Waals surface area contributed by atoms with E-state index in [0.29, 0.717) is 18.7 Å². The van der Waals surface area contributed by atoms with Crippen LogP contribution in [-0.2, 0) is 11.2 Å². The van der Waals surface area contributed by atoms with E-state index in [9.17, 15) is 9.59 Å². The Morgan fingerprint density at radius 1 is 1.00 bits per heavy atom. The van der Waals surface area contributed by atoms with E-state index in [2.05, 4.69) is 36.5 Å². The topological polar surface area (TPSA) is 49.4 Å². The van der Waals surface area contributed by atoms with Gasteiger partial charge in [0.25, 0.3) is 5.91 Å². The number of nitrogens with zero attached hydrogens (tertiary/aromatic N) is 1. The molecule has 1 saturated heterocycles. The fourth-order valence-electron chi connectivity index (χ4n) is 4.65. The zero-order valence-corrected chi connectivity index (χ0v) is 16.5. The van der Waals surface area contributed by atoms with Crippen molar-refractivity contribution in [3.63, 3.8) is 0 Å². The molecule has 28 heavy (non-hydrogen) atoms. The van der Waals surface area contributed by atoms with Crippen LogP contribution >= 0.6 is 0 Å². The molecule has 0 radical (unpaired) electrons. The Kier molecular flexibility index (Phi) is 5.21. The van der Waals surface area contributed by atoms with E-state index in [-0.39, 0.29) is 11.8 Å². The summed E-state index contributed by atoms with van der Waals surface area (Å²) in [4.78, 5) is 27.6. The highest BCUT2D eigenvalue weighted by atomic mass is 16.2. The number of piperazine rings is 1. The summed E-state index contributed by atoms with van der Waals surface area (Å²) in [5.74, 6) is -0.00465. The van der Waals surface area contributed by atoms with Crippen LogP contribution in [0.5, 0.6) is 0 Å². The van der Waals surface area contributed by atoms with Gasteiger partial charge < -0.3 is 10.2 Å². The summed E-state index contributed by atoms with van der Waals surface area (Å²) in [5, 5.41) is 2.96. The van der Waals surface area contributed by atoms with E-state index >= 15 is 0 Å². The normalized spacial score (nSPS) is 18.3. The summed E-state index contributed by atoms with van der Waals surface area (Å²) in [5.41, 5.74) is 3.63. The second kappa shape index (κ2) is 7.78. The third kappa shape index (κ3) is 3.32. The minimum absolute atomic E-state index is 0.0217. The van der Waals surface area contributed by atoms with E-state index in [1.807, 2.05) is 29.2 Å². The molecule has 2 aromatic rings. The van der Waals surface area contributed by atoms with E-state index in [4.69, 9.17) is 0 Å². The molecule has 0 bridgehead atoms. The number of carbonyl (C=O) groups is 2. The number of hydrogen-bond acceptors (Lipinski definition) is 2. The molecule has 4 rings (SSSR count). The highest BCUT2D eigenvalue weighted by Gasteiger charge is 2.50. The molecular weight excluding hydrogens is 348 g/mol. The van der Waals surface area contributed by atoms with E-state index in [0.717, 1.165) is 49.7 Å². The van der Waals surface area contributed by atoms with Gasteiger partial charge in [0.15, 0.2) is 0 Å². The van der Waals surface area contributed by atoms with Crippen molar-refractivity contribution in [1.82, 2.24) is 10.2 Å². The zero-order chi connectivity index (χ0) is 19.6. The van der Waals surface area contributed by atoms with Crippen LogP contribution in [0.4, 0.5) is 0 Å². The van der Waals surface area contributed by atoms with Crippen molar-refractivity contribution in [3.05, 3.63) is 59.7 Å². The van der Waals surface area contributed by atoms with Crippen molar-refractivity contribution in [1.29, 1.82) is 0 Å². The predicted octanol–water partition coefficient (Wildman–Crippen LogP) is 4.19. The molecule has 0 unspecified atom stereocenters. The van der Waals surface area contributed by atoms with Gasteiger partial charge in [-0.05, 0) is 48.1 Å². The van der Waals surface area contributed by atoms with Crippen LogP contribution in [0.2, 0.25) is 0 Å². The molecule has 1 aliphatic heterocycles. The smallest absolute Gasteiger partial charge is 0.254 e. The quantitative estimate of drug-likeness (QED) is 0.870. The molecule has 1 aliphatic carbocycles. The predicted molar refractivity (Wildman–Crippen MR) is 111 cm³/mol. The van der Waals surface area contributed by atoms with Crippen LogP contribution in [0, 0.1) is 0 Å². The van der Waals surface area contributed by atoms with Crippen molar-refractivity contribution in [2.75, 3.05) is 13.1 Å². The van der Waals surface area contributed by atoms with Gasteiger partial charge in [0.1, 0.15) is 5.54 Å². The van der Waals surface area contributed by atoms with Crippen LogP contribution in [0.25, 0.3) is 11.1 Å². The molecule has 2 aromatic carbocycles. The van der Waals surface area contributed by atoms with Crippen LogP contribution in [-0.4, -0.2) is 35.3 Å². The van der Waals surface area contributed by atoms with Crippen LogP contribution in [0.1, 0.15) is 54.9 Å². The maximum atomic E-state index is 13.2. The highest BCUT2D eigenvalue weighted by Crippen LogP contribution is 2.37. The third-order valence-electron chi connectivity index (χ3n) is 6.19. The standard InChI is InChI=1S/C24H28N2O2/c1-2-5-18-6-8-19(9-7-18)20-10-12-21(13-11-20)22(27)26-17-16-25-23(28)24(26)14-3-4-15-24/h6-13H,2-5,14-17H2,1H3,(H,25,28). The molecule has 0 atom stereocenters. The number of hydrogen-bond donors (Lipinski definition) is 1. The lowest BCUT2D eigenvalue weighted by Gasteiger charge is -2.43. The van der Waals surface area contributed by atoms with E-state index < -0.39 is 5.54 Å². The van der Waals surface area contributed by atoms with Gasteiger partial charge in [0.2, 0.25) is 5.91 Å². The lowest BCUT2D eigenvalue weighted by atomic mass is 9.90. The Morgan fingerprint density at radius 3 is 2.21 bits per heavy atom. The Labute approximate surface area is 166 Å². The number of carbonyl (C=O) groups excluding carboxylic acids is 2. The second-order valence-electron chi connectivity index (χ2n) is 7.98. The van der Waals surface area contributed by atoms with Gasteiger partial charge >= 0.3 is 0 Å². The summed E-state index contributed by atoms with van der Waals surface area (Å²) in [6.45, 7) is 3.31. The number of rotatable bonds is 4. The minimum atomic E-state index is -0.636. The van der Waals surface area contributed by atoms with Crippen molar-refractivity contribution in [2.24, 2.45) is 0 Å². The summed E-state index contributed by atoms with van der Waals surface area (Å²) >= 11 is 0. The first-order valence-corrected chi connectivity index (χ1v) is 10.4. The monoisotopic (exact) mass is 376 g/mol. The first kappa shape index (κ1) is 18.7. The van der Waals surface area contributed by atoms with Gasteiger partial charge in [-0.2, -0.15) is 0 Å². The zero-order valence-electron chi connectivity index (χ0n) is 16.5. The number of aryl methyl sites for hydroxylation is 1. The first-order valence-electron chi connectivity index (χ1n) is 10.4. The van der Waals surface area contributed by atoms with Crippen LogP contribution < -0.4 is 5.32 Å². The highest BCUT2D eigenvalue weighted by molar-refractivity contribution is 6.00. The molecule has 1 N–H and O–H groups in total. The van der Waals surface area contributed by atoms with Gasteiger partial charge in [-0.3, -0.25) is 9.59 Å². The summed E-state index contributed by atoms with van der Waals surface area (Å²) < 4.78 is 0. The SMILES string of the molecule is CCCc1ccc(-c2ccc(C(=O)N3CCNC(=O)C34CCCC4)cc2)cc1. The van der Waals surface area contributed by atoms with Gasteiger partial charge in [-0.25, -0.2) is 0 Å². The van der Waals surface area contributed by atoms with Crippen molar-refractivity contribution in [3.8, 4) is 11.1 Å². The number of amides is 2. The molecular formula is C24H28N2O2. The van der Waals surface area contributed by atoms with Gasteiger partial charge in [0.05, 0.1) is 0 Å². The lowest BCUT2D eigenvalue weighted by molar-refractivity contribution is -0.134. The molecule has 1 spiro atoms. The van der Waals surface area contributed by atoms with Crippen molar-refractivity contribution < 1.29 is 9.59 Å². The second-order valence-corrected chi connectivity index (χ2v) is 7.98. The Balaban J connectivity index is 1.54. The van der Waals surface area contributed by atoms with Crippen molar-refractivity contribution >= 4 is 11.8 Å². The minimum Gasteiger partial charge on any atom is -0.352 e. The Hall–Kier alpha value is -2.62. The Bertz CT molecular complexity index is 849. The number of nitrogens with one attached hydrogen (secondary N) is 1. The molecule has 2 fully saturated rings. The van der Waals surface area contributed by atoms with Gasteiger partial charge in [-0.15, -0.1) is 0 Å². The van der Waals surface area contributed by atoms with E-state index in [1.165, 1.54) is 5.56 Å². The molecule has 2 amide bonds. The fraction of sp³-hybridized carbons (Fsp3) is 0.417. The molecule has 4 nitrogen and oxygen atoms in total.